The van der Waals surface area contributed by atoms with Crippen LogP contribution in [0.2, 0.25) is 0 Å². The fraction of sp³-hybridized carbons (Fsp3) is 0.600. The largest absolute Gasteiger partial charge is 0.368 e. The molecule has 0 amide bonds. The van der Waals surface area contributed by atoms with Gasteiger partial charge >= 0.3 is 0 Å². The first kappa shape index (κ1) is 14.5. The number of anilines is 2. The second-order valence-electron chi connectivity index (χ2n) is 6.31. The molecule has 0 spiro atoms. The molecule has 0 atom stereocenters. The van der Waals surface area contributed by atoms with Crippen molar-refractivity contribution in [3.05, 3.63) is 10.9 Å². The SMILES string of the molecule is Cc1cc2c(N(C)CC3(N(C)C)CCC3)nc(N)nc2s1. The normalized spacial score (nSPS) is 17.2. The van der Waals surface area contributed by atoms with Gasteiger partial charge in [-0.25, -0.2) is 4.98 Å². The van der Waals surface area contributed by atoms with Gasteiger partial charge < -0.3 is 15.5 Å². The Morgan fingerprint density at radius 2 is 2.00 bits per heavy atom. The van der Waals surface area contributed by atoms with Crippen molar-refractivity contribution in [2.24, 2.45) is 0 Å². The minimum atomic E-state index is 0.270. The molecule has 0 aromatic carbocycles. The first-order valence-corrected chi connectivity index (χ1v) is 8.15. The van der Waals surface area contributed by atoms with Crippen LogP contribution in [0.4, 0.5) is 11.8 Å². The van der Waals surface area contributed by atoms with Gasteiger partial charge in [0.1, 0.15) is 10.6 Å². The van der Waals surface area contributed by atoms with Gasteiger partial charge in [-0.15, -0.1) is 11.3 Å². The van der Waals surface area contributed by atoms with E-state index in [1.165, 1.54) is 24.1 Å². The molecule has 3 rings (SSSR count). The molecule has 0 unspecified atom stereocenters. The van der Waals surface area contributed by atoms with Crippen molar-refractivity contribution in [3.63, 3.8) is 0 Å². The molecule has 0 bridgehead atoms. The topological polar surface area (TPSA) is 58.3 Å². The molecular formula is C15H23N5S. The highest BCUT2D eigenvalue weighted by Crippen LogP contribution is 2.38. The lowest BCUT2D eigenvalue weighted by atomic mass is 9.75. The van der Waals surface area contributed by atoms with E-state index in [1.807, 2.05) is 0 Å². The van der Waals surface area contributed by atoms with Gasteiger partial charge in [0, 0.05) is 24.0 Å². The zero-order chi connectivity index (χ0) is 15.2. The van der Waals surface area contributed by atoms with Crippen molar-refractivity contribution < 1.29 is 0 Å². The molecule has 2 heterocycles. The van der Waals surface area contributed by atoms with E-state index in [4.69, 9.17) is 5.73 Å². The van der Waals surface area contributed by atoms with Gasteiger partial charge in [-0.1, -0.05) is 0 Å². The monoisotopic (exact) mass is 305 g/mol. The number of rotatable bonds is 4. The van der Waals surface area contributed by atoms with Crippen LogP contribution in [-0.2, 0) is 0 Å². The van der Waals surface area contributed by atoms with E-state index in [9.17, 15) is 0 Å². The van der Waals surface area contributed by atoms with E-state index < -0.39 is 0 Å². The third-order valence-corrected chi connectivity index (χ3v) is 5.58. The number of fused-ring (bicyclic) bond motifs is 1. The molecule has 2 aromatic rings. The first-order valence-electron chi connectivity index (χ1n) is 7.33. The van der Waals surface area contributed by atoms with E-state index >= 15 is 0 Å². The van der Waals surface area contributed by atoms with Crippen LogP contribution in [0, 0.1) is 6.92 Å². The minimum absolute atomic E-state index is 0.270. The molecule has 1 fully saturated rings. The molecule has 114 valence electrons. The van der Waals surface area contributed by atoms with E-state index in [0.717, 1.165) is 22.6 Å². The Kier molecular flexibility index (Phi) is 3.53. The van der Waals surface area contributed by atoms with Crippen LogP contribution in [0.1, 0.15) is 24.1 Å². The third-order valence-electron chi connectivity index (χ3n) is 4.64. The highest BCUT2D eigenvalue weighted by molar-refractivity contribution is 7.18. The number of aryl methyl sites for hydroxylation is 1. The number of nitrogens with two attached hydrogens (primary N) is 1. The Morgan fingerprint density at radius 1 is 1.29 bits per heavy atom. The van der Waals surface area contributed by atoms with Crippen molar-refractivity contribution in [2.45, 2.75) is 31.7 Å². The summed E-state index contributed by atoms with van der Waals surface area (Å²) in [6.45, 7) is 3.07. The quantitative estimate of drug-likeness (QED) is 0.940. The third kappa shape index (κ3) is 2.46. The van der Waals surface area contributed by atoms with Gasteiger partial charge in [-0.05, 0) is 46.3 Å². The number of nitrogens with zero attached hydrogens (tertiary/aromatic N) is 4. The summed E-state index contributed by atoms with van der Waals surface area (Å²) in [6.07, 6.45) is 3.80. The number of aromatic nitrogens is 2. The van der Waals surface area contributed by atoms with Crippen LogP contribution in [0.15, 0.2) is 6.07 Å². The van der Waals surface area contributed by atoms with Crippen LogP contribution in [0.5, 0.6) is 0 Å². The lowest BCUT2D eigenvalue weighted by Gasteiger charge is -2.49. The molecule has 1 saturated carbocycles. The zero-order valence-electron chi connectivity index (χ0n) is 13.2. The maximum atomic E-state index is 5.89. The minimum Gasteiger partial charge on any atom is -0.368 e. The maximum absolute atomic E-state index is 5.89. The van der Waals surface area contributed by atoms with Crippen molar-refractivity contribution >= 4 is 33.3 Å². The summed E-state index contributed by atoms with van der Waals surface area (Å²) in [7, 11) is 6.45. The number of thiophene rings is 1. The molecule has 6 heteroatoms. The zero-order valence-corrected chi connectivity index (χ0v) is 14.0. The Hall–Kier alpha value is -1.40. The molecule has 5 nitrogen and oxygen atoms in total. The lowest BCUT2D eigenvalue weighted by Crippen LogP contribution is -2.56. The summed E-state index contributed by atoms with van der Waals surface area (Å²) >= 11 is 1.67. The van der Waals surface area contributed by atoms with Crippen LogP contribution in [0.25, 0.3) is 10.2 Å². The average Bonchev–Trinajstić information content (AvgIpc) is 2.71. The van der Waals surface area contributed by atoms with Gasteiger partial charge in [0.05, 0.1) is 5.39 Å². The summed E-state index contributed by atoms with van der Waals surface area (Å²) in [5.41, 5.74) is 6.16. The summed E-state index contributed by atoms with van der Waals surface area (Å²) in [4.78, 5) is 15.7. The smallest absolute Gasteiger partial charge is 0.223 e. The molecule has 21 heavy (non-hydrogen) atoms. The van der Waals surface area contributed by atoms with E-state index in [2.05, 4.69) is 53.9 Å². The predicted octanol–water partition coefficient (Wildman–Crippen LogP) is 2.50. The standard InChI is InChI=1S/C15H23N5S/c1-10-8-11-12(17-14(16)18-13(11)21-10)20(4)9-15(19(2)3)6-5-7-15/h8H,5-7,9H2,1-4H3,(H2,16,17,18). The Balaban J connectivity index is 1.96. The fourth-order valence-electron chi connectivity index (χ4n) is 3.18. The van der Waals surface area contributed by atoms with Crippen molar-refractivity contribution in [2.75, 3.05) is 38.3 Å². The predicted molar refractivity (Wildman–Crippen MR) is 90.1 cm³/mol. The lowest BCUT2D eigenvalue weighted by molar-refractivity contribution is 0.0682. The van der Waals surface area contributed by atoms with Crippen molar-refractivity contribution in [3.8, 4) is 0 Å². The van der Waals surface area contributed by atoms with Gasteiger partial charge in [0.15, 0.2) is 0 Å². The van der Waals surface area contributed by atoms with E-state index in [-0.39, 0.29) is 5.54 Å². The maximum Gasteiger partial charge on any atom is 0.223 e. The highest BCUT2D eigenvalue weighted by atomic mass is 32.1. The summed E-state index contributed by atoms with van der Waals surface area (Å²) < 4.78 is 0. The second-order valence-corrected chi connectivity index (χ2v) is 7.54. The summed E-state index contributed by atoms with van der Waals surface area (Å²) in [5, 5.41) is 1.11. The Morgan fingerprint density at radius 3 is 2.57 bits per heavy atom. The average molecular weight is 305 g/mol. The fourth-order valence-corrected chi connectivity index (χ4v) is 4.06. The summed E-state index contributed by atoms with van der Waals surface area (Å²) in [5.74, 6) is 1.31. The van der Waals surface area contributed by atoms with Gasteiger partial charge in [-0.2, -0.15) is 4.98 Å². The van der Waals surface area contributed by atoms with Crippen LogP contribution < -0.4 is 10.6 Å². The molecule has 2 aromatic heterocycles. The van der Waals surface area contributed by atoms with Crippen LogP contribution in [0.3, 0.4) is 0 Å². The van der Waals surface area contributed by atoms with Crippen molar-refractivity contribution in [1.82, 2.24) is 14.9 Å². The van der Waals surface area contributed by atoms with Gasteiger partial charge in [0.25, 0.3) is 0 Å². The van der Waals surface area contributed by atoms with Crippen LogP contribution in [-0.4, -0.2) is 48.1 Å². The van der Waals surface area contributed by atoms with Crippen molar-refractivity contribution in [1.29, 1.82) is 0 Å². The number of hydrogen-bond donors (Lipinski definition) is 1. The van der Waals surface area contributed by atoms with Crippen LogP contribution >= 0.6 is 11.3 Å². The number of nitrogen functional groups attached to an aromatic ring is 1. The summed E-state index contributed by atoms with van der Waals surface area (Å²) in [6, 6.07) is 2.16. The van der Waals surface area contributed by atoms with E-state index in [1.54, 1.807) is 11.3 Å². The molecule has 0 aliphatic heterocycles. The Labute approximate surface area is 129 Å². The van der Waals surface area contributed by atoms with Gasteiger partial charge in [-0.3, -0.25) is 0 Å². The van der Waals surface area contributed by atoms with Gasteiger partial charge in [0.2, 0.25) is 5.95 Å². The highest BCUT2D eigenvalue weighted by Gasteiger charge is 2.40. The molecule has 0 radical (unpaired) electrons. The molecule has 1 aliphatic rings. The molecular weight excluding hydrogens is 282 g/mol. The first-order chi connectivity index (χ1) is 9.91. The second kappa shape index (κ2) is 5.10. The molecule has 2 N–H and O–H groups in total. The number of hydrogen-bond acceptors (Lipinski definition) is 6. The van der Waals surface area contributed by atoms with E-state index in [0.29, 0.717) is 5.95 Å². The number of likely N-dealkylation sites (N-methyl/N-ethyl adjacent to an activating group) is 2. The Bertz CT molecular complexity index is 659. The molecule has 1 aliphatic carbocycles. The molecule has 0 saturated heterocycles.